The van der Waals surface area contributed by atoms with Gasteiger partial charge in [0.05, 0.1) is 22.4 Å². The maximum absolute atomic E-state index is 7.01. The molecule has 2 fully saturated rings. The van der Waals surface area contributed by atoms with Crippen molar-refractivity contribution >= 4 is 40.3 Å². The molecule has 0 bridgehead atoms. The van der Waals surface area contributed by atoms with Gasteiger partial charge in [-0.3, -0.25) is 4.98 Å². The van der Waals surface area contributed by atoms with Crippen LogP contribution in [-0.2, 0) is 0 Å². The van der Waals surface area contributed by atoms with Crippen LogP contribution in [0.2, 0.25) is 5.02 Å². The summed E-state index contributed by atoms with van der Waals surface area (Å²) in [5.74, 6) is 1.30. The molecule has 0 saturated carbocycles. The highest BCUT2D eigenvalue weighted by Gasteiger charge is 2.42. The maximum atomic E-state index is 7.01. The van der Waals surface area contributed by atoms with Crippen LogP contribution in [0.4, 0.5) is 11.4 Å². The molecule has 2 aromatic heterocycles. The fourth-order valence-electron chi connectivity index (χ4n) is 6.41. The number of aromatic nitrogens is 2. The van der Waals surface area contributed by atoms with Gasteiger partial charge in [-0.2, -0.15) is 0 Å². The van der Waals surface area contributed by atoms with Gasteiger partial charge in [-0.15, -0.1) is 0 Å². The molecule has 2 aliphatic rings. The van der Waals surface area contributed by atoms with Crippen molar-refractivity contribution in [3.63, 3.8) is 0 Å². The third-order valence-corrected chi connectivity index (χ3v) is 8.56. The number of para-hydroxylation sites is 1. The lowest BCUT2D eigenvalue weighted by Gasteiger charge is -2.37. The molecule has 7 heteroatoms. The molecule has 2 aromatic carbocycles. The molecule has 4 heterocycles. The summed E-state index contributed by atoms with van der Waals surface area (Å²) in [6, 6.07) is 27.0. The monoisotopic (exact) mass is 555 g/mol. The van der Waals surface area contributed by atoms with E-state index in [9.17, 15) is 0 Å². The van der Waals surface area contributed by atoms with Gasteiger partial charge in [-0.05, 0) is 92.0 Å². The van der Waals surface area contributed by atoms with Crippen LogP contribution in [0.5, 0.6) is 0 Å². The second-order valence-corrected chi connectivity index (χ2v) is 11.8. The predicted octanol–water partition coefficient (Wildman–Crippen LogP) is 7.49. The number of rotatable bonds is 5. The SMILES string of the molecule is Cc1ccc([C@H]2[C@H](c3ccccn3)NC(=S)N2c2ccc(N3C[C@H](C)C[C@H](C)C3)c(Cl)c2)n1-c1ccccc1. The summed E-state index contributed by atoms with van der Waals surface area (Å²) in [5, 5.41) is 5.01. The molecular formula is C32H34ClN5S. The molecule has 39 heavy (non-hydrogen) atoms. The third-order valence-electron chi connectivity index (χ3n) is 7.94. The van der Waals surface area contributed by atoms with E-state index >= 15 is 0 Å². The lowest BCUT2D eigenvalue weighted by molar-refractivity contribution is 0.357. The van der Waals surface area contributed by atoms with E-state index in [4.69, 9.17) is 28.8 Å². The first kappa shape index (κ1) is 25.9. The standard InChI is InChI=1S/C32H34ClN5S/c1-21-17-22(2)20-36(19-21)28-15-13-25(18-26(28)33)38-31(30(35-32(38)39)27-11-7-8-16-34-27)29-14-12-23(3)37(29)24-9-5-4-6-10-24/h4-16,18,21-22,30-31H,17,19-20H2,1-3H3,(H,35,39)/t21-,22+,30-,31-/m0/s1. The maximum Gasteiger partial charge on any atom is 0.174 e. The lowest BCUT2D eigenvalue weighted by atomic mass is 9.91. The van der Waals surface area contributed by atoms with Crippen molar-refractivity contribution in [2.24, 2.45) is 11.8 Å². The quantitative estimate of drug-likeness (QED) is 0.258. The number of benzene rings is 2. The molecule has 2 aliphatic heterocycles. The first-order chi connectivity index (χ1) is 18.9. The molecule has 0 aliphatic carbocycles. The highest BCUT2D eigenvalue weighted by molar-refractivity contribution is 7.80. The van der Waals surface area contributed by atoms with Crippen molar-refractivity contribution in [1.82, 2.24) is 14.9 Å². The molecule has 4 atom stereocenters. The van der Waals surface area contributed by atoms with Gasteiger partial charge in [0.1, 0.15) is 6.04 Å². The van der Waals surface area contributed by atoms with Crippen molar-refractivity contribution < 1.29 is 0 Å². The van der Waals surface area contributed by atoms with E-state index in [0.717, 1.165) is 52.3 Å². The summed E-state index contributed by atoms with van der Waals surface area (Å²) in [5.41, 5.74) is 6.44. The van der Waals surface area contributed by atoms with Crippen LogP contribution in [0.1, 0.15) is 49.4 Å². The number of piperidine rings is 1. The number of anilines is 2. The number of nitrogens with one attached hydrogen (secondary N) is 1. The van der Waals surface area contributed by atoms with E-state index < -0.39 is 0 Å². The second kappa shape index (κ2) is 10.7. The minimum atomic E-state index is -0.127. The molecule has 4 aromatic rings. The fraction of sp³-hybridized carbons (Fsp3) is 0.312. The molecule has 5 nitrogen and oxygen atoms in total. The van der Waals surface area contributed by atoms with E-state index in [2.05, 4.69) is 101 Å². The van der Waals surface area contributed by atoms with Crippen molar-refractivity contribution in [2.75, 3.05) is 22.9 Å². The van der Waals surface area contributed by atoms with Crippen LogP contribution in [0.3, 0.4) is 0 Å². The Morgan fingerprint density at radius 3 is 2.33 bits per heavy atom. The first-order valence-corrected chi connectivity index (χ1v) is 14.5. The molecule has 0 amide bonds. The minimum absolute atomic E-state index is 0.127. The molecule has 0 spiro atoms. The van der Waals surface area contributed by atoms with E-state index in [1.165, 1.54) is 6.42 Å². The van der Waals surface area contributed by atoms with Crippen LogP contribution in [0.25, 0.3) is 5.69 Å². The average Bonchev–Trinajstić information content (AvgIpc) is 3.48. The normalized spacial score (nSPS) is 23.2. The third kappa shape index (κ3) is 4.92. The molecule has 0 unspecified atom stereocenters. The zero-order valence-electron chi connectivity index (χ0n) is 22.6. The Morgan fingerprint density at radius 1 is 0.897 bits per heavy atom. The Kier molecular flexibility index (Phi) is 7.08. The highest BCUT2D eigenvalue weighted by Crippen LogP contribution is 2.44. The number of pyridine rings is 1. The number of thiocarbonyl (C=S) groups is 1. The summed E-state index contributed by atoms with van der Waals surface area (Å²) in [4.78, 5) is 9.37. The van der Waals surface area contributed by atoms with Gasteiger partial charge < -0.3 is 19.7 Å². The van der Waals surface area contributed by atoms with Crippen LogP contribution < -0.4 is 15.1 Å². The lowest BCUT2D eigenvalue weighted by Crippen LogP contribution is -2.38. The van der Waals surface area contributed by atoms with Gasteiger partial charge in [0.2, 0.25) is 0 Å². The molecule has 2 saturated heterocycles. The molecule has 1 N–H and O–H groups in total. The van der Waals surface area contributed by atoms with Gasteiger partial charge >= 0.3 is 0 Å². The average molecular weight is 556 g/mol. The summed E-state index contributed by atoms with van der Waals surface area (Å²) in [7, 11) is 0. The Bertz CT molecular complexity index is 1460. The number of halogens is 1. The number of aryl methyl sites for hydroxylation is 1. The Balaban J connectivity index is 1.44. The van der Waals surface area contributed by atoms with E-state index in [0.29, 0.717) is 16.9 Å². The number of hydrogen-bond donors (Lipinski definition) is 1. The van der Waals surface area contributed by atoms with Gasteiger partial charge in [-0.25, -0.2) is 0 Å². The van der Waals surface area contributed by atoms with Crippen LogP contribution >= 0.6 is 23.8 Å². The summed E-state index contributed by atoms with van der Waals surface area (Å²) >= 11 is 13.0. The zero-order chi connectivity index (χ0) is 27.1. The predicted molar refractivity (Wildman–Crippen MR) is 165 cm³/mol. The summed E-state index contributed by atoms with van der Waals surface area (Å²) in [6.07, 6.45) is 3.10. The van der Waals surface area contributed by atoms with Gasteiger partial charge in [0.15, 0.2) is 5.11 Å². The minimum Gasteiger partial charge on any atom is -0.370 e. The summed E-state index contributed by atoms with van der Waals surface area (Å²) < 4.78 is 2.32. The number of nitrogens with zero attached hydrogens (tertiary/aromatic N) is 4. The smallest absolute Gasteiger partial charge is 0.174 e. The van der Waals surface area contributed by atoms with E-state index in [-0.39, 0.29) is 12.1 Å². The Labute approximate surface area is 241 Å². The summed E-state index contributed by atoms with van der Waals surface area (Å²) in [6.45, 7) is 8.85. The van der Waals surface area contributed by atoms with Gasteiger partial charge in [-0.1, -0.05) is 49.7 Å². The van der Waals surface area contributed by atoms with E-state index in [1.807, 2.05) is 24.4 Å². The zero-order valence-corrected chi connectivity index (χ0v) is 24.2. The van der Waals surface area contributed by atoms with Crippen molar-refractivity contribution in [2.45, 2.75) is 39.3 Å². The molecule has 200 valence electrons. The van der Waals surface area contributed by atoms with Crippen LogP contribution in [-0.4, -0.2) is 27.8 Å². The first-order valence-electron chi connectivity index (χ1n) is 13.7. The van der Waals surface area contributed by atoms with Crippen molar-refractivity contribution in [3.8, 4) is 5.69 Å². The molecule has 0 radical (unpaired) electrons. The second-order valence-electron chi connectivity index (χ2n) is 11.1. The topological polar surface area (TPSA) is 36.3 Å². The largest absolute Gasteiger partial charge is 0.370 e. The number of hydrogen-bond acceptors (Lipinski definition) is 3. The van der Waals surface area contributed by atoms with Gasteiger partial charge in [0, 0.05) is 42.0 Å². The van der Waals surface area contributed by atoms with Crippen LogP contribution in [0, 0.1) is 18.8 Å². The van der Waals surface area contributed by atoms with Gasteiger partial charge in [0.25, 0.3) is 0 Å². The van der Waals surface area contributed by atoms with Crippen molar-refractivity contribution in [3.05, 3.63) is 107 Å². The Morgan fingerprint density at radius 2 is 1.64 bits per heavy atom. The Hall–Kier alpha value is -3.35. The fourth-order valence-corrected chi connectivity index (χ4v) is 7.05. The molecular weight excluding hydrogens is 522 g/mol. The van der Waals surface area contributed by atoms with Crippen LogP contribution in [0.15, 0.2) is 85.1 Å². The molecule has 6 rings (SSSR count). The van der Waals surface area contributed by atoms with Crippen molar-refractivity contribution in [1.29, 1.82) is 0 Å². The van der Waals surface area contributed by atoms with E-state index in [1.54, 1.807) is 0 Å². The highest BCUT2D eigenvalue weighted by atomic mass is 35.5.